The number of aryl methyl sites for hydroxylation is 2. The van der Waals surface area contributed by atoms with Crippen LogP contribution in [-0.2, 0) is 14.3 Å². The molecule has 1 amide bonds. The van der Waals surface area contributed by atoms with Crippen molar-refractivity contribution in [1.29, 1.82) is 0 Å². The first-order valence-electron chi connectivity index (χ1n) is 8.98. The molecule has 2 aromatic heterocycles. The van der Waals surface area contributed by atoms with Crippen molar-refractivity contribution in [3.8, 4) is 0 Å². The smallest absolute Gasteiger partial charge is 0.232 e. The number of carbonyl (C=O) groups excluding carboxylic acids is 1. The average Bonchev–Trinajstić information content (AvgIpc) is 3.29. The van der Waals surface area contributed by atoms with E-state index in [4.69, 9.17) is 9.47 Å². The van der Waals surface area contributed by atoms with Gasteiger partial charge in [0.1, 0.15) is 16.2 Å². The number of hydrogen-bond acceptors (Lipinski definition) is 7. The third-order valence-corrected chi connectivity index (χ3v) is 7.28. The van der Waals surface area contributed by atoms with Crippen molar-refractivity contribution in [2.75, 3.05) is 32.1 Å². The van der Waals surface area contributed by atoms with E-state index in [1.807, 2.05) is 4.90 Å². The van der Waals surface area contributed by atoms with Crippen LogP contribution in [0.1, 0.15) is 23.3 Å². The minimum atomic E-state index is -0.0688. The minimum absolute atomic E-state index is 0.0688. The third-order valence-electron chi connectivity index (χ3n) is 5.19. The first kappa shape index (κ1) is 18.2. The van der Waals surface area contributed by atoms with Gasteiger partial charge in [-0.1, -0.05) is 11.8 Å². The van der Waals surface area contributed by atoms with E-state index in [1.165, 1.54) is 22.2 Å². The van der Waals surface area contributed by atoms with E-state index < -0.39 is 0 Å². The summed E-state index contributed by atoms with van der Waals surface area (Å²) in [5.74, 6) is 1.01. The van der Waals surface area contributed by atoms with Crippen LogP contribution in [0.25, 0.3) is 10.2 Å². The summed E-state index contributed by atoms with van der Waals surface area (Å²) in [6.07, 6.45) is 3.42. The number of nitrogens with zero attached hydrogens (tertiary/aromatic N) is 3. The van der Waals surface area contributed by atoms with Gasteiger partial charge in [-0.3, -0.25) is 4.79 Å². The Hall–Kier alpha value is -1.22. The quantitative estimate of drug-likeness (QED) is 0.588. The molecule has 2 aromatic rings. The molecule has 0 aliphatic carbocycles. The highest BCUT2D eigenvalue weighted by atomic mass is 32.2. The van der Waals surface area contributed by atoms with Crippen LogP contribution < -0.4 is 0 Å². The van der Waals surface area contributed by atoms with E-state index in [0.717, 1.165) is 41.2 Å². The zero-order valence-corrected chi connectivity index (χ0v) is 16.7. The van der Waals surface area contributed by atoms with Gasteiger partial charge in [-0.15, -0.1) is 11.3 Å². The first-order chi connectivity index (χ1) is 12.6. The lowest BCUT2D eigenvalue weighted by atomic mass is 9.96. The molecule has 6 nitrogen and oxygen atoms in total. The summed E-state index contributed by atoms with van der Waals surface area (Å²) in [5, 5.41) is 2.01. The van der Waals surface area contributed by atoms with Crippen LogP contribution in [-0.4, -0.2) is 59.1 Å². The maximum absolute atomic E-state index is 12.6. The van der Waals surface area contributed by atoms with Crippen molar-refractivity contribution in [2.24, 2.45) is 5.92 Å². The number of piperidine rings is 1. The van der Waals surface area contributed by atoms with E-state index >= 15 is 0 Å². The Kier molecular flexibility index (Phi) is 5.45. The van der Waals surface area contributed by atoms with Crippen molar-refractivity contribution in [2.45, 2.75) is 38.0 Å². The van der Waals surface area contributed by atoms with Crippen molar-refractivity contribution in [1.82, 2.24) is 14.9 Å². The highest BCUT2D eigenvalue weighted by Gasteiger charge is 2.31. The molecule has 0 bridgehead atoms. The monoisotopic (exact) mass is 393 g/mol. The number of ether oxygens (including phenoxy) is 2. The highest BCUT2D eigenvalue weighted by molar-refractivity contribution is 8.00. The molecule has 2 aliphatic heterocycles. The summed E-state index contributed by atoms with van der Waals surface area (Å²) in [6.45, 7) is 7.14. The Morgan fingerprint density at radius 2 is 2.00 bits per heavy atom. The number of rotatable bonds is 4. The molecule has 0 unspecified atom stereocenters. The summed E-state index contributed by atoms with van der Waals surface area (Å²) in [6, 6.07) is 0. The van der Waals surface area contributed by atoms with Crippen molar-refractivity contribution >= 4 is 39.2 Å². The number of thioether (sulfide) groups is 1. The Balaban J connectivity index is 1.35. The van der Waals surface area contributed by atoms with E-state index in [9.17, 15) is 4.79 Å². The molecule has 140 valence electrons. The van der Waals surface area contributed by atoms with Gasteiger partial charge < -0.3 is 14.4 Å². The Morgan fingerprint density at radius 3 is 2.73 bits per heavy atom. The van der Waals surface area contributed by atoms with Crippen LogP contribution >= 0.6 is 23.1 Å². The number of likely N-dealkylation sites (tertiary alicyclic amines) is 1. The molecular formula is C18H23N3O3S2. The summed E-state index contributed by atoms with van der Waals surface area (Å²) in [7, 11) is 0. The molecule has 2 saturated heterocycles. The predicted molar refractivity (Wildman–Crippen MR) is 103 cm³/mol. The van der Waals surface area contributed by atoms with E-state index in [-0.39, 0.29) is 12.2 Å². The topological polar surface area (TPSA) is 64.6 Å². The van der Waals surface area contributed by atoms with Crippen LogP contribution in [0.2, 0.25) is 0 Å². The van der Waals surface area contributed by atoms with Gasteiger partial charge in [0, 0.05) is 29.3 Å². The van der Waals surface area contributed by atoms with Crippen LogP contribution in [0.3, 0.4) is 0 Å². The van der Waals surface area contributed by atoms with Gasteiger partial charge in [0.25, 0.3) is 0 Å². The standard InChI is InChI=1S/C18H23N3O3S2/c1-11-12(2)26-17-15(11)16(19-10-20-17)25-9-14(22)21-5-3-13(4-6-21)18-23-7-8-24-18/h10,13,18H,3-9H2,1-2H3. The number of aromatic nitrogens is 2. The second-order valence-electron chi connectivity index (χ2n) is 6.76. The van der Waals surface area contributed by atoms with Crippen molar-refractivity contribution < 1.29 is 14.3 Å². The molecular weight excluding hydrogens is 370 g/mol. The fourth-order valence-corrected chi connectivity index (χ4v) is 5.57. The van der Waals surface area contributed by atoms with Crippen LogP contribution in [0.4, 0.5) is 0 Å². The van der Waals surface area contributed by atoms with Gasteiger partial charge in [-0.25, -0.2) is 9.97 Å². The Morgan fingerprint density at radius 1 is 1.27 bits per heavy atom. The first-order valence-corrected chi connectivity index (χ1v) is 10.8. The molecule has 0 saturated carbocycles. The molecule has 2 aliphatic rings. The molecule has 2 fully saturated rings. The van der Waals surface area contributed by atoms with Crippen LogP contribution in [0.15, 0.2) is 11.4 Å². The molecule has 4 heterocycles. The summed E-state index contributed by atoms with van der Waals surface area (Å²) < 4.78 is 11.2. The number of carbonyl (C=O) groups is 1. The van der Waals surface area contributed by atoms with Crippen molar-refractivity contribution in [3.63, 3.8) is 0 Å². The zero-order valence-electron chi connectivity index (χ0n) is 15.1. The van der Waals surface area contributed by atoms with Gasteiger partial charge in [0.2, 0.25) is 5.91 Å². The summed E-state index contributed by atoms with van der Waals surface area (Å²) in [4.78, 5) is 25.6. The lowest BCUT2D eigenvalue weighted by Gasteiger charge is -2.33. The number of hydrogen-bond donors (Lipinski definition) is 0. The van der Waals surface area contributed by atoms with Crippen molar-refractivity contribution in [3.05, 3.63) is 16.8 Å². The molecule has 0 aromatic carbocycles. The molecule has 0 spiro atoms. The van der Waals surface area contributed by atoms with Gasteiger partial charge in [0.05, 0.1) is 19.0 Å². The molecule has 0 atom stereocenters. The summed E-state index contributed by atoms with van der Waals surface area (Å²) in [5.41, 5.74) is 1.22. The normalized spacial score (nSPS) is 19.5. The zero-order chi connectivity index (χ0) is 18.1. The minimum Gasteiger partial charge on any atom is -0.350 e. The lowest BCUT2D eigenvalue weighted by Crippen LogP contribution is -2.42. The number of amides is 1. The molecule has 4 rings (SSSR count). The highest BCUT2D eigenvalue weighted by Crippen LogP contribution is 2.34. The Labute approximate surface area is 161 Å². The maximum atomic E-state index is 12.6. The second-order valence-corrected chi connectivity index (χ2v) is 8.93. The SMILES string of the molecule is Cc1sc2ncnc(SCC(=O)N3CCC(C4OCCO4)CC3)c2c1C. The van der Waals surface area contributed by atoms with E-state index in [1.54, 1.807) is 17.7 Å². The van der Waals surface area contributed by atoms with Gasteiger partial charge >= 0.3 is 0 Å². The van der Waals surface area contributed by atoms with Gasteiger partial charge in [-0.2, -0.15) is 0 Å². The van der Waals surface area contributed by atoms with Crippen LogP contribution in [0, 0.1) is 19.8 Å². The molecule has 8 heteroatoms. The molecule has 0 N–H and O–H groups in total. The summed E-state index contributed by atoms with van der Waals surface area (Å²) >= 11 is 3.20. The van der Waals surface area contributed by atoms with Crippen LogP contribution in [0.5, 0.6) is 0 Å². The largest absolute Gasteiger partial charge is 0.350 e. The fourth-order valence-electron chi connectivity index (χ4n) is 3.55. The molecule has 0 radical (unpaired) electrons. The number of fused-ring (bicyclic) bond motifs is 1. The van der Waals surface area contributed by atoms with Gasteiger partial charge in [-0.05, 0) is 32.3 Å². The van der Waals surface area contributed by atoms with E-state index in [2.05, 4.69) is 23.8 Å². The fraction of sp³-hybridized carbons (Fsp3) is 0.611. The van der Waals surface area contributed by atoms with E-state index in [0.29, 0.717) is 24.9 Å². The Bertz CT molecular complexity index is 796. The third kappa shape index (κ3) is 3.60. The second kappa shape index (κ2) is 7.80. The average molecular weight is 394 g/mol. The predicted octanol–water partition coefficient (Wildman–Crippen LogP) is 3.01. The van der Waals surface area contributed by atoms with Gasteiger partial charge in [0.15, 0.2) is 6.29 Å². The lowest BCUT2D eigenvalue weighted by molar-refractivity contribution is -0.134. The molecule has 26 heavy (non-hydrogen) atoms. The maximum Gasteiger partial charge on any atom is 0.232 e. The number of thiophene rings is 1.